The Morgan fingerprint density at radius 2 is 1.84 bits per heavy atom. The molecule has 0 radical (unpaired) electrons. The summed E-state index contributed by atoms with van der Waals surface area (Å²) in [5, 5.41) is 11.2. The van der Waals surface area contributed by atoms with Gasteiger partial charge in [0.15, 0.2) is 0 Å². The van der Waals surface area contributed by atoms with Gasteiger partial charge in [-0.2, -0.15) is 0 Å². The van der Waals surface area contributed by atoms with E-state index in [1.165, 1.54) is 0 Å². The quantitative estimate of drug-likeness (QED) is 0.668. The fourth-order valence-electron chi connectivity index (χ4n) is 3.48. The number of aromatic nitrogens is 1. The van der Waals surface area contributed by atoms with Gasteiger partial charge in [0.2, 0.25) is 0 Å². The van der Waals surface area contributed by atoms with Gasteiger partial charge < -0.3 is 5.11 Å². The Morgan fingerprint density at radius 1 is 1.08 bits per heavy atom. The number of rotatable bonds is 2. The van der Waals surface area contributed by atoms with Crippen molar-refractivity contribution in [2.45, 2.75) is 19.3 Å². The molecule has 0 spiro atoms. The summed E-state index contributed by atoms with van der Waals surface area (Å²) in [4.78, 5) is 16.7. The van der Waals surface area contributed by atoms with Crippen molar-refractivity contribution >= 4 is 40.1 Å². The molecule has 1 heterocycles. The highest BCUT2D eigenvalue weighted by molar-refractivity contribution is 6.30. The fraction of sp³-hybridized carbons (Fsp3) is 0.143. The maximum Gasteiger partial charge on any atom is 0.336 e. The molecule has 1 aliphatic carbocycles. The number of hydrogen-bond acceptors (Lipinski definition) is 2. The van der Waals surface area contributed by atoms with Crippen LogP contribution in [-0.2, 0) is 6.42 Å². The van der Waals surface area contributed by atoms with E-state index in [1.54, 1.807) is 0 Å². The van der Waals surface area contributed by atoms with E-state index >= 15 is 0 Å². The number of carboxylic acids is 1. The van der Waals surface area contributed by atoms with Crippen LogP contribution in [0.1, 0.15) is 40.0 Å². The summed E-state index contributed by atoms with van der Waals surface area (Å²) >= 11 is 5.96. The molecule has 0 amide bonds. The van der Waals surface area contributed by atoms with Crippen LogP contribution < -0.4 is 0 Å². The van der Waals surface area contributed by atoms with Gasteiger partial charge in [-0.25, -0.2) is 9.78 Å². The number of halogens is 1. The highest BCUT2D eigenvalue weighted by atomic mass is 35.5. The number of pyridine rings is 1. The topological polar surface area (TPSA) is 50.2 Å². The third-order valence-electron chi connectivity index (χ3n) is 4.60. The summed E-state index contributed by atoms with van der Waals surface area (Å²) in [5.74, 6) is -0.886. The second kappa shape index (κ2) is 6.34. The minimum Gasteiger partial charge on any atom is -0.478 e. The number of nitrogens with zero attached hydrogens (tertiary/aromatic N) is 1. The van der Waals surface area contributed by atoms with Crippen LogP contribution >= 0.6 is 11.6 Å². The molecule has 0 atom stereocenters. The van der Waals surface area contributed by atoms with Crippen LogP contribution in [0.4, 0.5) is 0 Å². The van der Waals surface area contributed by atoms with E-state index in [0.29, 0.717) is 16.0 Å². The SMILES string of the molecule is O=C(O)c1c2c(nc3ccccc13)/C(=C/c1ccc(Cl)cc1)CCC2. The highest BCUT2D eigenvalue weighted by Gasteiger charge is 2.24. The van der Waals surface area contributed by atoms with Crippen LogP contribution in [-0.4, -0.2) is 16.1 Å². The Morgan fingerprint density at radius 3 is 2.60 bits per heavy atom. The average molecular weight is 350 g/mol. The fourth-order valence-corrected chi connectivity index (χ4v) is 3.61. The number of carbonyl (C=O) groups is 1. The lowest BCUT2D eigenvalue weighted by Crippen LogP contribution is -2.13. The first-order valence-corrected chi connectivity index (χ1v) is 8.63. The molecule has 0 unspecified atom stereocenters. The number of para-hydroxylation sites is 1. The van der Waals surface area contributed by atoms with Crippen molar-refractivity contribution in [3.8, 4) is 0 Å². The first-order valence-electron chi connectivity index (χ1n) is 8.25. The maximum atomic E-state index is 11.9. The molecule has 3 aromatic rings. The van der Waals surface area contributed by atoms with Crippen molar-refractivity contribution in [3.63, 3.8) is 0 Å². The zero-order chi connectivity index (χ0) is 17.4. The van der Waals surface area contributed by atoms with Crippen LogP contribution in [0.15, 0.2) is 48.5 Å². The van der Waals surface area contributed by atoms with Gasteiger partial charge in [-0.3, -0.25) is 0 Å². The van der Waals surface area contributed by atoms with E-state index in [1.807, 2.05) is 48.5 Å². The molecule has 3 nitrogen and oxygen atoms in total. The molecule has 4 rings (SSSR count). The molecular formula is C21H16ClNO2. The first kappa shape index (κ1) is 15.9. The van der Waals surface area contributed by atoms with Crippen molar-refractivity contribution in [2.24, 2.45) is 0 Å². The van der Waals surface area contributed by atoms with Crippen LogP contribution in [0.2, 0.25) is 5.02 Å². The van der Waals surface area contributed by atoms with Crippen molar-refractivity contribution in [3.05, 3.63) is 75.9 Å². The van der Waals surface area contributed by atoms with E-state index < -0.39 is 5.97 Å². The molecular weight excluding hydrogens is 334 g/mol. The van der Waals surface area contributed by atoms with Gasteiger partial charge in [0, 0.05) is 10.4 Å². The Hall–Kier alpha value is -2.65. The lowest BCUT2D eigenvalue weighted by Gasteiger charge is -2.21. The molecule has 1 aromatic heterocycles. The Balaban J connectivity index is 1.95. The number of aromatic carboxylic acids is 1. The summed E-state index contributed by atoms with van der Waals surface area (Å²) in [6.45, 7) is 0. The lowest BCUT2D eigenvalue weighted by molar-refractivity contribution is 0.0697. The van der Waals surface area contributed by atoms with Crippen molar-refractivity contribution in [1.82, 2.24) is 4.98 Å². The van der Waals surface area contributed by atoms with Gasteiger partial charge in [0.25, 0.3) is 0 Å². The highest BCUT2D eigenvalue weighted by Crippen LogP contribution is 2.36. The monoisotopic (exact) mass is 349 g/mol. The molecule has 1 aliphatic rings. The zero-order valence-corrected chi connectivity index (χ0v) is 14.3. The summed E-state index contributed by atoms with van der Waals surface area (Å²) in [5.41, 5.74) is 4.90. The van der Waals surface area contributed by atoms with E-state index in [4.69, 9.17) is 16.6 Å². The van der Waals surface area contributed by atoms with E-state index in [0.717, 1.165) is 47.2 Å². The summed E-state index contributed by atoms with van der Waals surface area (Å²) in [6.07, 6.45) is 4.64. The standard InChI is InChI=1S/C21H16ClNO2/c22-15-10-8-13(9-11-15)12-14-4-3-6-17-19(21(24)25)16-5-1-2-7-18(16)23-20(14)17/h1-2,5,7-12H,3-4,6H2,(H,24,25)/b14-12+. The molecule has 0 fully saturated rings. The maximum absolute atomic E-state index is 11.9. The predicted molar refractivity (Wildman–Crippen MR) is 101 cm³/mol. The molecule has 4 heteroatoms. The van der Waals surface area contributed by atoms with Gasteiger partial charge in [-0.1, -0.05) is 41.9 Å². The normalized spacial score (nSPS) is 15.3. The van der Waals surface area contributed by atoms with Gasteiger partial charge in [0.1, 0.15) is 0 Å². The van der Waals surface area contributed by atoms with Crippen LogP contribution in [0.3, 0.4) is 0 Å². The van der Waals surface area contributed by atoms with Gasteiger partial charge in [-0.05, 0) is 60.2 Å². The molecule has 0 aliphatic heterocycles. The molecule has 0 saturated heterocycles. The molecule has 0 bridgehead atoms. The molecule has 0 saturated carbocycles. The second-order valence-corrected chi connectivity index (χ2v) is 6.65. The van der Waals surface area contributed by atoms with Crippen molar-refractivity contribution < 1.29 is 9.90 Å². The predicted octanol–water partition coefficient (Wildman–Crippen LogP) is 5.46. The third-order valence-corrected chi connectivity index (χ3v) is 4.85. The molecule has 25 heavy (non-hydrogen) atoms. The van der Waals surface area contributed by atoms with Crippen LogP contribution in [0.25, 0.3) is 22.6 Å². The van der Waals surface area contributed by atoms with E-state index in [-0.39, 0.29) is 0 Å². The van der Waals surface area contributed by atoms with Crippen LogP contribution in [0.5, 0.6) is 0 Å². The van der Waals surface area contributed by atoms with E-state index in [2.05, 4.69) is 6.08 Å². The third kappa shape index (κ3) is 2.92. The molecule has 2 aromatic carbocycles. The number of hydrogen-bond donors (Lipinski definition) is 1. The minimum atomic E-state index is -0.886. The largest absolute Gasteiger partial charge is 0.478 e. The summed E-state index contributed by atoms with van der Waals surface area (Å²) < 4.78 is 0. The summed E-state index contributed by atoms with van der Waals surface area (Å²) in [7, 11) is 0. The first-order chi connectivity index (χ1) is 12.1. The minimum absolute atomic E-state index is 0.391. The second-order valence-electron chi connectivity index (χ2n) is 6.21. The van der Waals surface area contributed by atoms with Crippen LogP contribution in [0, 0.1) is 0 Å². The lowest BCUT2D eigenvalue weighted by atomic mass is 9.86. The van der Waals surface area contributed by atoms with Gasteiger partial charge in [-0.15, -0.1) is 0 Å². The number of fused-ring (bicyclic) bond motifs is 2. The van der Waals surface area contributed by atoms with Crippen molar-refractivity contribution in [2.75, 3.05) is 0 Å². The number of allylic oxidation sites excluding steroid dienone is 1. The molecule has 1 N–H and O–H groups in total. The summed E-state index contributed by atoms with van der Waals surface area (Å²) in [6, 6.07) is 15.1. The Labute approximate surface area is 150 Å². The number of carboxylic acid groups (broad SMARTS) is 1. The van der Waals surface area contributed by atoms with Gasteiger partial charge in [0.05, 0.1) is 16.8 Å². The zero-order valence-electron chi connectivity index (χ0n) is 13.5. The Kier molecular flexibility index (Phi) is 4.02. The number of benzene rings is 2. The Bertz CT molecular complexity index is 1010. The average Bonchev–Trinajstić information content (AvgIpc) is 2.62. The van der Waals surface area contributed by atoms with Gasteiger partial charge >= 0.3 is 5.97 Å². The molecule has 124 valence electrons. The van der Waals surface area contributed by atoms with E-state index in [9.17, 15) is 9.90 Å². The smallest absolute Gasteiger partial charge is 0.336 e. The van der Waals surface area contributed by atoms with Crippen molar-refractivity contribution in [1.29, 1.82) is 0 Å².